The predicted octanol–water partition coefficient (Wildman–Crippen LogP) is 10.5. The van der Waals surface area contributed by atoms with Gasteiger partial charge in [-0.3, -0.25) is 0 Å². The van der Waals surface area contributed by atoms with Gasteiger partial charge in [0, 0.05) is 43.5 Å². The lowest BCUT2D eigenvalue weighted by Gasteiger charge is -2.54. The van der Waals surface area contributed by atoms with E-state index in [0.29, 0.717) is 5.92 Å². The number of aromatic nitrogens is 1. The van der Waals surface area contributed by atoms with Gasteiger partial charge in [0.2, 0.25) is 0 Å². The molecule has 0 saturated heterocycles. The number of fused-ring (bicyclic) bond motifs is 10. The van der Waals surface area contributed by atoms with E-state index in [9.17, 15) is 0 Å². The van der Waals surface area contributed by atoms with Crippen molar-refractivity contribution in [1.29, 1.82) is 0 Å². The summed E-state index contributed by atoms with van der Waals surface area (Å²) in [6, 6.07) is 48.0. The lowest BCUT2D eigenvalue weighted by atomic mass is 9.33. The molecule has 14 rings (SSSR count). The molecule has 7 aromatic rings. The van der Waals surface area contributed by atoms with Gasteiger partial charge in [0.15, 0.2) is 0 Å². The average Bonchev–Trinajstić information content (AvgIpc) is 3.18. The molecule has 3 aliphatic heterocycles. The third kappa shape index (κ3) is 3.67. The Labute approximate surface area is 308 Å². The molecule has 4 aliphatic carbocycles. The van der Waals surface area contributed by atoms with Crippen LogP contribution in [0.3, 0.4) is 0 Å². The van der Waals surface area contributed by atoms with Crippen LogP contribution >= 0.6 is 11.8 Å². The molecule has 4 fully saturated rings. The quantitative estimate of drug-likeness (QED) is 0.133. The molecule has 4 saturated carbocycles. The fourth-order valence-electron chi connectivity index (χ4n) is 12.1. The Bertz CT molecular complexity index is 2640. The Morgan fingerprint density at radius 2 is 1.21 bits per heavy atom. The van der Waals surface area contributed by atoms with Crippen molar-refractivity contribution in [2.45, 2.75) is 47.8 Å². The SMILES string of the molecule is c1ccc(N2c3ccccc3B3c4cccc5c4N(c4ccccc4S5)c4cc5c(nc(C6C7CC8CC(C7)CC6C8)c6ccccc65)c2c43)cc1. The normalized spacial score (nSPS) is 24.2. The van der Waals surface area contributed by atoms with Crippen LogP contribution in [0, 0.1) is 23.7 Å². The molecule has 0 unspecified atom stereocenters. The van der Waals surface area contributed by atoms with Gasteiger partial charge in [0.1, 0.15) is 0 Å². The summed E-state index contributed by atoms with van der Waals surface area (Å²) in [5, 5.41) is 3.97. The Kier molecular flexibility index (Phi) is 5.67. The molecule has 5 heteroatoms. The van der Waals surface area contributed by atoms with Crippen LogP contribution in [0.2, 0.25) is 0 Å². The second kappa shape index (κ2) is 10.3. The van der Waals surface area contributed by atoms with E-state index in [-0.39, 0.29) is 6.71 Å². The summed E-state index contributed by atoms with van der Waals surface area (Å²) >= 11 is 1.91. The summed E-state index contributed by atoms with van der Waals surface area (Å²) in [6.45, 7) is 0.0977. The highest BCUT2D eigenvalue weighted by molar-refractivity contribution is 7.99. The van der Waals surface area contributed by atoms with Gasteiger partial charge in [-0.1, -0.05) is 96.7 Å². The summed E-state index contributed by atoms with van der Waals surface area (Å²) in [5.74, 6) is 3.91. The first-order valence-electron chi connectivity index (χ1n) is 19.3. The summed E-state index contributed by atoms with van der Waals surface area (Å²) in [7, 11) is 0. The Hall–Kier alpha value is -5.00. The predicted molar refractivity (Wildman–Crippen MR) is 217 cm³/mol. The number of rotatable bonds is 2. The van der Waals surface area contributed by atoms with E-state index in [0.717, 1.165) is 29.2 Å². The van der Waals surface area contributed by atoms with E-state index in [1.165, 1.54) is 114 Å². The van der Waals surface area contributed by atoms with Gasteiger partial charge in [-0.25, -0.2) is 4.98 Å². The van der Waals surface area contributed by atoms with Crippen LogP contribution in [-0.2, 0) is 0 Å². The summed E-state index contributed by atoms with van der Waals surface area (Å²) < 4.78 is 0. The number of anilines is 6. The zero-order chi connectivity index (χ0) is 33.7. The van der Waals surface area contributed by atoms with Crippen LogP contribution in [0.1, 0.15) is 43.7 Å². The van der Waals surface area contributed by atoms with Crippen molar-refractivity contribution in [2.75, 3.05) is 9.80 Å². The van der Waals surface area contributed by atoms with E-state index < -0.39 is 0 Å². The highest BCUT2D eigenvalue weighted by atomic mass is 32.2. The van der Waals surface area contributed by atoms with Crippen molar-refractivity contribution in [3.05, 3.63) is 133 Å². The summed E-state index contributed by atoms with van der Waals surface area (Å²) in [4.78, 5) is 13.9. The molecule has 248 valence electrons. The molecule has 0 spiro atoms. The lowest BCUT2D eigenvalue weighted by Crippen LogP contribution is -2.61. The number of para-hydroxylation sites is 4. The van der Waals surface area contributed by atoms with E-state index in [2.05, 4.69) is 137 Å². The number of benzene rings is 6. The average molecular weight is 686 g/mol. The van der Waals surface area contributed by atoms with Crippen LogP contribution in [0.4, 0.5) is 34.1 Å². The van der Waals surface area contributed by atoms with Gasteiger partial charge in [-0.15, -0.1) is 0 Å². The van der Waals surface area contributed by atoms with Crippen LogP contribution in [0.15, 0.2) is 137 Å². The molecule has 0 N–H and O–H groups in total. The Morgan fingerprint density at radius 3 is 2.04 bits per heavy atom. The van der Waals surface area contributed by atoms with Crippen molar-refractivity contribution in [1.82, 2.24) is 4.98 Å². The van der Waals surface area contributed by atoms with Gasteiger partial charge in [-0.2, -0.15) is 0 Å². The van der Waals surface area contributed by atoms with Crippen LogP contribution < -0.4 is 26.2 Å². The Morgan fingerprint density at radius 1 is 0.538 bits per heavy atom. The fourth-order valence-corrected chi connectivity index (χ4v) is 13.2. The molecule has 0 amide bonds. The zero-order valence-corrected chi connectivity index (χ0v) is 29.7. The standard InChI is InChI=1S/C47H36BN3S/c1-2-11-31(12-3-1)50-37-17-7-6-15-35(37)48-36-16-10-20-41-46(36)51(38-18-8-9-19-40(38)52-41)39-26-34-32-13-4-5-14-33(32)44(49-45(34)47(50)43(39)48)42-29-22-27-21-28(24-29)25-30(42)23-27/h1-20,26-30,42H,21-25H2. The molecule has 6 aromatic carbocycles. The minimum atomic E-state index is 0.0977. The van der Waals surface area contributed by atoms with Crippen molar-refractivity contribution < 1.29 is 0 Å². The first-order valence-corrected chi connectivity index (χ1v) is 20.1. The van der Waals surface area contributed by atoms with Crippen molar-refractivity contribution in [2.24, 2.45) is 23.7 Å². The highest BCUT2D eigenvalue weighted by Gasteiger charge is 2.51. The van der Waals surface area contributed by atoms with Crippen molar-refractivity contribution in [3.63, 3.8) is 0 Å². The maximum atomic E-state index is 6.06. The topological polar surface area (TPSA) is 19.4 Å². The van der Waals surface area contributed by atoms with Gasteiger partial charge in [0.05, 0.1) is 28.3 Å². The van der Waals surface area contributed by atoms with Crippen molar-refractivity contribution in [3.8, 4) is 0 Å². The maximum Gasteiger partial charge on any atom is 0.252 e. The molecule has 52 heavy (non-hydrogen) atoms. The van der Waals surface area contributed by atoms with Crippen LogP contribution in [0.25, 0.3) is 21.7 Å². The lowest BCUT2D eigenvalue weighted by molar-refractivity contribution is -0.00354. The molecule has 4 heterocycles. The fraction of sp³-hybridized carbons (Fsp3) is 0.213. The minimum Gasteiger partial charge on any atom is -0.309 e. The van der Waals surface area contributed by atoms with Gasteiger partial charge < -0.3 is 9.80 Å². The molecule has 3 nitrogen and oxygen atoms in total. The first-order chi connectivity index (χ1) is 25.8. The molecule has 4 bridgehead atoms. The van der Waals surface area contributed by atoms with E-state index in [1.54, 1.807) is 0 Å². The summed E-state index contributed by atoms with van der Waals surface area (Å²) in [5.41, 5.74) is 14.2. The van der Waals surface area contributed by atoms with E-state index in [1.807, 2.05) is 11.8 Å². The number of nitrogens with zero attached hydrogens (tertiary/aromatic N) is 3. The molecule has 0 radical (unpaired) electrons. The number of hydrogen-bond donors (Lipinski definition) is 0. The number of pyridine rings is 1. The van der Waals surface area contributed by atoms with Crippen LogP contribution in [-0.4, -0.2) is 11.7 Å². The third-order valence-electron chi connectivity index (χ3n) is 13.7. The van der Waals surface area contributed by atoms with Crippen LogP contribution in [0.5, 0.6) is 0 Å². The number of hydrogen-bond acceptors (Lipinski definition) is 4. The second-order valence-corrected chi connectivity index (χ2v) is 17.4. The zero-order valence-electron chi connectivity index (χ0n) is 28.9. The monoisotopic (exact) mass is 685 g/mol. The van der Waals surface area contributed by atoms with E-state index in [4.69, 9.17) is 4.98 Å². The van der Waals surface area contributed by atoms with Gasteiger partial charge >= 0.3 is 0 Å². The second-order valence-electron chi connectivity index (χ2n) is 16.3. The van der Waals surface area contributed by atoms with E-state index >= 15 is 0 Å². The molecular formula is C47H36BN3S. The van der Waals surface area contributed by atoms with Gasteiger partial charge in [-0.05, 0) is 120 Å². The molecule has 0 atom stereocenters. The molecular weight excluding hydrogens is 649 g/mol. The largest absolute Gasteiger partial charge is 0.309 e. The Balaban J connectivity index is 1.20. The maximum absolute atomic E-state index is 6.06. The van der Waals surface area contributed by atoms with Gasteiger partial charge in [0.25, 0.3) is 6.71 Å². The minimum absolute atomic E-state index is 0.0977. The smallest absolute Gasteiger partial charge is 0.252 e. The van der Waals surface area contributed by atoms with Crippen molar-refractivity contribution >= 4 is 90.7 Å². The third-order valence-corrected chi connectivity index (χ3v) is 14.8. The summed E-state index contributed by atoms with van der Waals surface area (Å²) in [6.07, 6.45) is 7.02. The molecule has 7 aliphatic rings. The first kappa shape index (κ1) is 28.6. The molecule has 1 aromatic heterocycles. The highest BCUT2D eigenvalue weighted by Crippen LogP contribution is 2.61.